The Labute approximate surface area is 115 Å². The standard InChI is InChI=1S/C15H24N2O2/c1-4-12-11-17(7-5-6-16-12)13-8-14(18-2)10-15(9-13)19-3/h8-10,12,16H,4-7,11H2,1-3H3. The van der Waals surface area contributed by atoms with Crippen LogP contribution in [0.2, 0.25) is 0 Å². The number of anilines is 1. The normalized spacial score (nSPS) is 19.9. The Kier molecular flexibility index (Phi) is 4.91. The summed E-state index contributed by atoms with van der Waals surface area (Å²) in [5, 5.41) is 3.58. The van der Waals surface area contributed by atoms with Crippen LogP contribution in [0.4, 0.5) is 5.69 Å². The number of nitrogens with one attached hydrogen (secondary N) is 1. The summed E-state index contributed by atoms with van der Waals surface area (Å²) in [5.74, 6) is 1.69. The first kappa shape index (κ1) is 14.0. The molecule has 1 atom stereocenters. The van der Waals surface area contributed by atoms with Crippen LogP contribution in [0.15, 0.2) is 18.2 Å². The first-order valence-electron chi connectivity index (χ1n) is 6.98. The van der Waals surface area contributed by atoms with Gasteiger partial charge in [-0.1, -0.05) is 6.92 Å². The Morgan fingerprint density at radius 1 is 1.21 bits per heavy atom. The third-order valence-electron chi connectivity index (χ3n) is 3.67. The molecule has 1 heterocycles. The number of hydrogen-bond acceptors (Lipinski definition) is 4. The molecule has 1 aliphatic rings. The highest BCUT2D eigenvalue weighted by molar-refractivity contribution is 5.56. The summed E-state index contributed by atoms with van der Waals surface area (Å²) >= 11 is 0. The van der Waals surface area contributed by atoms with E-state index in [0.717, 1.165) is 44.0 Å². The maximum Gasteiger partial charge on any atom is 0.124 e. The number of methoxy groups -OCH3 is 2. The van der Waals surface area contributed by atoms with Crippen molar-refractivity contribution in [2.45, 2.75) is 25.8 Å². The molecule has 0 spiro atoms. The molecule has 2 rings (SSSR count). The van der Waals surface area contributed by atoms with Gasteiger partial charge in [0.2, 0.25) is 0 Å². The summed E-state index contributed by atoms with van der Waals surface area (Å²) in [5.41, 5.74) is 1.18. The van der Waals surface area contributed by atoms with Gasteiger partial charge in [-0.3, -0.25) is 0 Å². The minimum Gasteiger partial charge on any atom is -0.497 e. The second-order valence-corrected chi connectivity index (χ2v) is 4.93. The van der Waals surface area contributed by atoms with Gasteiger partial charge in [-0.2, -0.15) is 0 Å². The Morgan fingerprint density at radius 3 is 2.47 bits per heavy atom. The van der Waals surface area contributed by atoms with Crippen LogP contribution in [0.3, 0.4) is 0 Å². The monoisotopic (exact) mass is 264 g/mol. The smallest absolute Gasteiger partial charge is 0.124 e. The lowest BCUT2D eigenvalue weighted by Crippen LogP contribution is -2.37. The van der Waals surface area contributed by atoms with Crippen LogP contribution < -0.4 is 19.7 Å². The predicted octanol–water partition coefficient (Wildman–Crippen LogP) is 2.28. The van der Waals surface area contributed by atoms with Gasteiger partial charge >= 0.3 is 0 Å². The first-order chi connectivity index (χ1) is 9.26. The molecule has 0 amide bonds. The number of benzene rings is 1. The molecule has 1 aromatic carbocycles. The fourth-order valence-corrected chi connectivity index (χ4v) is 2.48. The molecular weight excluding hydrogens is 240 g/mol. The SMILES string of the molecule is CCC1CN(c2cc(OC)cc(OC)c2)CCCN1. The van der Waals surface area contributed by atoms with Crippen LogP contribution >= 0.6 is 0 Å². The summed E-state index contributed by atoms with van der Waals surface area (Å²) in [6.07, 6.45) is 2.31. The van der Waals surface area contributed by atoms with E-state index < -0.39 is 0 Å². The van der Waals surface area contributed by atoms with Crippen LogP contribution in [0, 0.1) is 0 Å². The molecule has 1 aromatic rings. The van der Waals surface area contributed by atoms with Crippen LogP contribution in [-0.4, -0.2) is 39.9 Å². The minimum absolute atomic E-state index is 0.555. The van der Waals surface area contributed by atoms with E-state index in [9.17, 15) is 0 Å². The molecule has 4 nitrogen and oxygen atoms in total. The van der Waals surface area contributed by atoms with Gasteiger partial charge in [-0.05, 0) is 19.4 Å². The van der Waals surface area contributed by atoms with Crippen molar-refractivity contribution in [2.24, 2.45) is 0 Å². The first-order valence-corrected chi connectivity index (χ1v) is 6.98. The summed E-state index contributed by atoms with van der Waals surface area (Å²) < 4.78 is 10.7. The van der Waals surface area contributed by atoms with Crippen LogP contribution in [0.5, 0.6) is 11.5 Å². The Hall–Kier alpha value is -1.42. The molecule has 0 radical (unpaired) electrons. The molecule has 0 aliphatic carbocycles. The van der Waals surface area contributed by atoms with E-state index in [0.29, 0.717) is 6.04 Å². The number of ether oxygens (including phenoxy) is 2. The summed E-state index contributed by atoms with van der Waals surface area (Å²) in [6.45, 7) is 5.43. The zero-order valence-electron chi connectivity index (χ0n) is 12.1. The van der Waals surface area contributed by atoms with Crippen molar-refractivity contribution in [3.8, 4) is 11.5 Å². The molecule has 1 fully saturated rings. The third-order valence-corrected chi connectivity index (χ3v) is 3.67. The third kappa shape index (κ3) is 3.53. The van der Waals surface area contributed by atoms with Crippen LogP contribution in [0.1, 0.15) is 19.8 Å². The van der Waals surface area contributed by atoms with Gasteiger partial charge in [0.15, 0.2) is 0 Å². The van der Waals surface area contributed by atoms with Gasteiger partial charge in [0.05, 0.1) is 14.2 Å². The van der Waals surface area contributed by atoms with Gasteiger partial charge in [-0.25, -0.2) is 0 Å². The Balaban J connectivity index is 2.23. The summed E-state index contributed by atoms with van der Waals surface area (Å²) in [6, 6.07) is 6.64. The second kappa shape index (κ2) is 6.66. The van der Waals surface area contributed by atoms with Crippen molar-refractivity contribution in [1.82, 2.24) is 5.32 Å². The fourth-order valence-electron chi connectivity index (χ4n) is 2.48. The molecule has 19 heavy (non-hydrogen) atoms. The average molecular weight is 264 g/mol. The highest BCUT2D eigenvalue weighted by Crippen LogP contribution is 2.29. The number of hydrogen-bond donors (Lipinski definition) is 1. The Morgan fingerprint density at radius 2 is 1.89 bits per heavy atom. The highest BCUT2D eigenvalue weighted by atomic mass is 16.5. The molecule has 1 aliphatic heterocycles. The molecule has 4 heteroatoms. The van der Waals surface area contributed by atoms with E-state index in [1.807, 2.05) is 6.07 Å². The predicted molar refractivity (Wildman–Crippen MR) is 78.5 cm³/mol. The van der Waals surface area contributed by atoms with Gasteiger partial charge in [0.25, 0.3) is 0 Å². The molecule has 1 unspecified atom stereocenters. The van der Waals surface area contributed by atoms with Crippen molar-refractivity contribution >= 4 is 5.69 Å². The lowest BCUT2D eigenvalue weighted by molar-refractivity contribution is 0.394. The topological polar surface area (TPSA) is 33.7 Å². The molecule has 0 aromatic heterocycles. The van der Waals surface area contributed by atoms with Crippen LogP contribution in [-0.2, 0) is 0 Å². The van der Waals surface area contributed by atoms with Crippen molar-refractivity contribution in [2.75, 3.05) is 38.8 Å². The molecule has 0 saturated carbocycles. The summed E-state index contributed by atoms with van der Waals surface area (Å²) in [7, 11) is 3.38. The van der Waals surface area contributed by atoms with Crippen LogP contribution in [0.25, 0.3) is 0 Å². The molecule has 1 N–H and O–H groups in total. The Bertz CT molecular complexity index is 387. The minimum atomic E-state index is 0.555. The van der Waals surface area contributed by atoms with E-state index in [1.165, 1.54) is 5.69 Å². The zero-order valence-corrected chi connectivity index (χ0v) is 12.1. The van der Waals surface area contributed by atoms with E-state index >= 15 is 0 Å². The molecule has 1 saturated heterocycles. The largest absolute Gasteiger partial charge is 0.497 e. The molecule has 0 bridgehead atoms. The van der Waals surface area contributed by atoms with Crippen molar-refractivity contribution < 1.29 is 9.47 Å². The van der Waals surface area contributed by atoms with Crippen molar-refractivity contribution in [1.29, 1.82) is 0 Å². The average Bonchev–Trinajstić information content (AvgIpc) is 2.72. The van der Waals surface area contributed by atoms with Gasteiger partial charge in [-0.15, -0.1) is 0 Å². The fraction of sp³-hybridized carbons (Fsp3) is 0.600. The summed E-state index contributed by atoms with van der Waals surface area (Å²) in [4.78, 5) is 2.42. The number of rotatable bonds is 4. The van der Waals surface area contributed by atoms with Gasteiger partial charge in [0.1, 0.15) is 11.5 Å². The highest BCUT2D eigenvalue weighted by Gasteiger charge is 2.17. The lowest BCUT2D eigenvalue weighted by Gasteiger charge is -2.26. The van der Waals surface area contributed by atoms with Gasteiger partial charge < -0.3 is 19.7 Å². The van der Waals surface area contributed by atoms with E-state index in [-0.39, 0.29) is 0 Å². The molecule has 106 valence electrons. The quantitative estimate of drug-likeness (QED) is 0.904. The van der Waals surface area contributed by atoms with E-state index in [2.05, 4.69) is 29.3 Å². The van der Waals surface area contributed by atoms with Crippen molar-refractivity contribution in [3.63, 3.8) is 0 Å². The van der Waals surface area contributed by atoms with E-state index in [4.69, 9.17) is 9.47 Å². The molecular formula is C15H24N2O2. The number of nitrogens with zero attached hydrogens (tertiary/aromatic N) is 1. The van der Waals surface area contributed by atoms with Crippen molar-refractivity contribution in [3.05, 3.63) is 18.2 Å². The zero-order chi connectivity index (χ0) is 13.7. The second-order valence-electron chi connectivity index (χ2n) is 4.93. The maximum atomic E-state index is 5.35. The maximum absolute atomic E-state index is 5.35. The van der Waals surface area contributed by atoms with E-state index in [1.54, 1.807) is 14.2 Å². The lowest BCUT2D eigenvalue weighted by atomic mass is 10.2. The van der Waals surface area contributed by atoms with Gasteiger partial charge in [0, 0.05) is 43.0 Å².